The SMILES string of the molecule is CCc1cccc(CC)c1-c1nc(C)c(CN(C)Cc2ccccc2)c(OC)c1C. The van der Waals surface area contributed by atoms with Gasteiger partial charge in [0.2, 0.25) is 0 Å². The molecule has 0 amide bonds. The summed E-state index contributed by atoms with van der Waals surface area (Å²) in [6, 6.07) is 17.2. The van der Waals surface area contributed by atoms with E-state index < -0.39 is 0 Å². The van der Waals surface area contributed by atoms with Crippen molar-refractivity contribution >= 4 is 0 Å². The van der Waals surface area contributed by atoms with Crippen molar-refractivity contribution in [1.29, 1.82) is 0 Å². The lowest BCUT2D eigenvalue weighted by Crippen LogP contribution is -2.19. The maximum atomic E-state index is 5.95. The molecule has 2 aromatic carbocycles. The predicted octanol–water partition coefficient (Wildman–Crippen LogP) is 6.13. The van der Waals surface area contributed by atoms with Gasteiger partial charge in [0.25, 0.3) is 0 Å². The Morgan fingerprint density at radius 1 is 0.867 bits per heavy atom. The molecule has 0 atom stereocenters. The molecule has 0 spiro atoms. The Morgan fingerprint density at radius 3 is 2.07 bits per heavy atom. The van der Waals surface area contributed by atoms with E-state index >= 15 is 0 Å². The molecule has 0 fully saturated rings. The molecule has 3 nitrogen and oxygen atoms in total. The van der Waals surface area contributed by atoms with E-state index in [0.717, 1.165) is 48.6 Å². The Kier molecular flexibility index (Phi) is 7.28. The fraction of sp³-hybridized carbons (Fsp3) is 0.370. The average Bonchev–Trinajstić information content (AvgIpc) is 2.76. The molecule has 3 heteroatoms. The van der Waals surface area contributed by atoms with Crippen molar-refractivity contribution < 1.29 is 4.74 Å². The van der Waals surface area contributed by atoms with Crippen LogP contribution in [0.4, 0.5) is 0 Å². The van der Waals surface area contributed by atoms with Crippen LogP contribution >= 0.6 is 0 Å². The quantitative estimate of drug-likeness (QED) is 0.453. The maximum absolute atomic E-state index is 5.95. The van der Waals surface area contributed by atoms with Gasteiger partial charge in [0, 0.05) is 35.5 Å². The summed E-state index contributed by atoms with van der Waals surface area (Å²) in [5, 5.41) is 0. The van der Waals surface area contributed by atoms with Crippen molar-refractivity contribution in [3.8, 4) is 17.0 Å². The molecule has 0 saturated heterocycles. The highest BCUT2D eigenvalue weighted by Crippen LogP contribution is 2.37. The molecule has 0 radical (unpaired) electrons. The smallest absolute Gasteiger partial charge is 0.130 e. The molecule has 158 valence electrons. The fourth-order valence-corrected chi connectivity index (χ4v) is 4.29. The average molecular weight is 403 g/mol. The molecule has 0 bridgehead atoms. The number of pyridine rings is 1. The van der Waals surface area contributed by atoms with Crippen molar-refractivity contribution in [3.63, 3.8) is 0 Å². The summed E-state index contributed by atoms with van der Waals surface area (Å²) in [5.74, 6) is 0.963. The van der Waals surface area contributed by atoms with Crippen molar-refractivity contribution in [1.82, 2.24) is 9.88 Å². The van der Waals surface area contributed by atoms with E-state index in [1.165, 1.54) is 27.8 Å². The van der Waals surface area contributed by atoms with Crippen LogP contribution in [-0.4, -0.2) is 24.0 Å². The third kappa shape index (κ3) is 4.57. The number of rotatable bonds is 8. The predicted molar refractivity (Wildman–Crippen MR) is 126 cm³/mol. The molecule has 30 heavy (non-hydrogen) atoms. The molecular formula is C27H34N2O. The zero-order chi connectivity index (χ0) is 21.7. The van der Waals surface area contributed by atoms with Crippen LogP contribution in [0.2, 0.25) is 0 Å². The molecule has 0 unspecified atom stereocenters. The molecule has 0 aliphatic rings. The van der Waals surface area contributed by atoms with Crippen LogP contribution in [0.3, 0.4) is 0 Å². The Morgan fingerprint density at radius 2 is 1.50 bits per heavy atom. The minimum atomic E-state index is 0.800. The standard InChI is InChI=1S/C27H34N2O/c1-7-22-15-12-16-23(8-2)25(22)26-19(3)27(30-6)24(20(4)28-26)18-29(5)17-21-13-10-9-11-14-21/h9-16H,7-8,17-18H2,1-6H3. The molecular weight excluding hydrogens is 368 g/mol. The first-order valence-electron chi connectivity index (χ1n) is 10.9. The number of aryl methyl sites for hydroxylation is 3. The third-order valence-electron chi connectivity index (χ3n) is 5.85. The van der Waals surface area contributed by atoms with Gasteiger partial charge < -0.3 is 4.74 Å². The highest BCUT2D eigenvalue weighted by molar-refractivity contribution is 5.73. The maximum Gasteiger partial charge on any atom is 0.130 e. The van der Waals surface area contributed by atoms with Crippen molar-refractivity contribution in [3.05, 3.63) is 82.0 Å². The Labute approximate surface area is 181 Å². The minimum Gasteiger partial charge on any atom is -0.496 e. The van der Waals surface area contributed by atoms with Crippen LogP contribution in [0.1, 0.15) is 47.4 Å². The van der Waals surface area contributed by atoms with Crippen LogP contribution in [0.5, 0.6) is 5.75 Å². The summed E-state index contributed by atoms with van der Waals surface area (Å²) >= 11 is 0. The van der Waals surface area contributed by atoms with Gasteiger partial charge in [-0.15, -0.1) is 0 Å². The van der Waals surface area contributed by atoms with Crippen molar-refractivity contribution in [2.24, 2.45) is 0 Å². The number of hydrogen-bond donors (Lipinski definition) is 0. The van der Waals surface area contributed by atoms with E-state index in [0.29, 0.717) is 0 Å². The van der Waals surface area contributed by atoms with Crippen molar-refractivity contribution in [2.45, 2.75) is 53.6 Å². The molecule has 0 aliphatic heterocycles. The molecule has 0 saturated carbocycles. The summed E-state index contributed by atoms with van der Waals surface area (Å²) in [4.78, 5) is 7.44. The summed E-state index contributed by atoms with van der Waals surface area (Å²) in [7, 11) is 3.93. The number of ether oxygens (including phenoxy) is 1. The number of nitrogens with zero attached hydrogens (tertiary/aromatic N) is 2. The minimum absolute atomic E-state index is 0.800. The van der Waals surface area contributed by atoms with E-state index in [1.54, 1.807) is 7.11 Å². The van der Waals surface area contributed by atoms with Crippen LogP contribution in [0, 0.1) is 13.8 Å². The van der Waals surface area contributed by atoms with E-state index in [9.17, 15) is 0 Å². The van der Waals surface area contributed by atoms with Gasteiger partial charge in [-0.05, 0) is 50.4 Å². The Bertz CT molecular complexity index is 973. The topological polar surface area (TPSA) is 25.4 Å². The van der Waals surface area contributed by atoms with Gasteiger partial charge >= 0.3 is 0 Å². The van der Waals surface area contributed by atoms with Gasteiger partial charge in [0.1, 0.15) is 5.75 Å². The normalized spacial score (nSPS) is 11.2. The van der Waals surface area contributed by atoms with E-state index in [2.05, 4.69) is 88.2 Å². The lowest BCUT2D eigenvalue weighted by atomic mass is 9.91. The summed E-state index contributed by atoms with van der Waals surface area (Å²) in [6.07, 6.45) is 1.99. The van der Waals surface area contributed by atoms with Crippen molar-refractivity contribution in [2.75, 3.05) is 14.2 Å². The summed E-state index contributed by atoms with van der Waals surface area (Å²) in [5.41, 5.74) is 9.69. The second kappa shape index (κ2) is 9.90. The molecule has 3 rings (SSSR count). The molecule has 1 heterocycles. The van der Waals surface area contributed by atoms with Gasteiger partial charge in [-0.3, -0.25) is 9.88 Å². The lowest BCUT2D eigenvalue weighted by Gasteiger charge is -2.23. The van der Waals surface area contributed by atoms with E-state index in [4.69, 9.17) is 9.72 Å². The van der Waals surface area contributed by atoms with Crippen LogP contribution in [0.25, 0.3) is 11.3 Å². The zero-order valence-corrected chi connectivity index (χ0v) is 19.2. The molecule has 0 aliphatic carbocycles. The van der Waals surface area contributed by atoms with Gasteiger partial charge in [0.05, 0.1) is 12.8 Å². The van der Waals surface area contributed by atoms with Crippen LogP contribution < -0.4 is 4.74 Å². The first-order chi connectivity index (χ1) is 14.5. The van der Waals surface area contributed by atoms with Gasteiger partial charge in [-0.2, -0.15) is 0 Å². The zero-order valence-electron chi connectivity index (χ0n) is 19.2. The van der Waals surface area contributed by atoms with Crippen LogP contribution in [0.15, 0.2) is 48.5 Å². The second-order valence-electron chi connectivity index (χ2n) is 8.00. The Balaban J connectivity index is 2.02. The summed E-state index contributed by atoms with van der Waals surface area (Å²) in [6.45, 7) is 10.4. The van der Waals surface area contributed by atoms with E-state index in [1.807, 2.05) is 0 Å². The van der Waals surface area contributed by atoms with Gasteiger partial charge in [0.15, 0.2) is 0 Å². The largest absolute Gasteiger partial charge is 0.496 e. The Hall–Kier alpha value is -2.65. The van der Waals surface area contributed by atoms with Gasteiger partial charge in [-0.25, -0.2) is 0 Å². The second-order valence-corrected chi connectivity index (χ2v) is 8.00. The number of hydrogen-bond acceptors (Lipinski definition) is 3. The fourth-order valence-electron chi connectivity index (χ4n) is 4.29. The highest BCUT2D eigenvalue weighted by Gasteiger charge is 2.21. The first kappa shape index (κ1) is 22.0. The monoisotopic (exact) mass is 402 g/mol. The van der Waals surface area contributed by atoms with Crippen LogP contribution in [-0.2, 0) is 25.9 Å². The molecule has 3 aromatic rings. The lowest BCUT2D eigenvalue weighted by molar-refractivity contribution is 0.308. The third-order valence-corrected chi connectivity index (χ3v) is 5.85. The van der Waals surface area contributed by atoms with E-state index in [-0.39, 0.29) is 0 Å². The number of methoxy groups -OCH3 is 1. The number of aromatic nitrogens is 1. The van der Waals surface area contributed by atoms with Gasteiger partial charge in [-0.1, -0.05) is 62.4 Å². The highest BCUT2D eigenvalue weighted by atomic mass is 16.5. The molecule has 0 N–H and O–H groups in total. The summed E-state index contributed by atoms with van der Waals surface area (Å²) < 4.78 is 5.95. The number of benzene rings is 2. The first-order valence-corrected chi connectivity index (χ1v) is 10.9. The molecule has 1 aromatic heterocycles.